The van der Waals surface area contributed by atoms with Gasteiger partial charge in [-0.1, -0.05) is 42.5 Å². The number of hydrogen-bond donors (Lipinski definition) is 0. The summed E-state index contributed by atoms with van der Waals surface area (Å²) in [6.45, 7) is 7.83. The van der Waals surface area contributed by atoms with Crippen molar-refractivity contribution in [2.24, 2.45) is 0 Å². The maximum Gasteiger partial charge on any atom is 0.162 e. The lowest BCUT2D eigenvalue weighted by Gasteiger charge is -2.33. The van der Waals surface area contributed by atoms with Gasteiger partial charge in [-0.05, 0) is 66.7 Å². The molecule has 0 spiro atoms. The molecular formula is C19H22N2S3. The molecule has 5 heteroatoms. The predicted octanol–water partition coefficient (Wildman–Crippen LogP) is 6.29. The smallest absolute Gasteiger partial charge is 0.162 e. The first-order valence-corrected chi connectivity index (χ1v) is 11.0. The number of hydrogen-bond acceptors (Lipinski definition) is 5. The van der Waals surface area contributed by atoms with Gasteiger partial charge in [0.25, 0.3) is 0 Å². The zero-order valence-electron chi connectivity index (χ0n) is 14.2. The monoisotopic (exact) mass is 374 g/mol. The van der Waals surface area contributed by atoms with Crippen molar-refractivity contribution in [3.63, 3.8) is 0 Å². The van der Waals surface area contributed by atoms with Crippen molar-refractivity contribution < 1.29 is 0 Å². The first-order chi connectivity index (χ1) is 11.5. The second-order valence-electron chi connectivity index (χ2n) is 6.61. The van der Waals surface area contributed by atoms with E-state index in [2.05, 4.69) is 73.6 Å². The fraction of sp³-hybridized carbons (Fsp3) is 0.316. The number of para-hydroxylation sites is 1. The van der Waals surface area contributed by atoms with Crippen LogP contribution in [0.25, 0.3) is 10.2 Å². The third kappa shape index (κ3) is 4.76. The molecule has 0 unspecified atom stereocenters. The van der Waals surface area contributed by atoms with Crippen molar-refractivity contribution in [2.45, 2.75) is 37.1 Å². The van der Waals surface area contributed by atoms with E-state index in [9.17, 15) is 0 Å². The van der Waals surface area contributed by atoms with E-state index < -0.39 is 0 Å². The molecule has 0 amide bonds. The van der Waals surface area contributed by atoms with Crippen molar-refractivity contribution in [2.75, 3.05) is 6.54 Å². The normalized spacial score (nSPS) is 12.2. The van der Waals surface area contributed by atoms with E-state index in [0.29, 0.717) is 0 Å². The van der Waals surface area contributed by atoms with Gasteiger partial charge in [0, 0.05) is 12.1 Å². The summed E-state index contributed by atoms with van der Waals surface area (Å²) in [7, 11) is 3.58. The zero-order chi connectivity index (χ0) is 17.0. The van der Waals surface area contributed by atoms with E-state index >= 15 is 0 Å². The average molecular weight is 375 g/mol. The third-order valence-electron chi connectivity index (χ3n) is 3.67. The molecule has 3 rings (SSSR count). The lowest BCUT2D eigenvalue weighted by atomic mass is 10.1. The van der Waals surface area contributed by atoms with Crippen LogP contribution in [0.1, 0.15) is 26.3 Å². The molecule has 2 nitrogen and oxygen atoms in total. The van der Waals surface area contributed by atoms with Crippen LogP contribution in [-0.2, 0) is 6.42 Å². The van der Waals surface area contributed by atoms with Crippen molar-refractivity contribution in [1.82, 2.24) is 9.29 Å². The van der Waals surface area contributed by atoms with Gasteiger partial charge in [0.05, 0.1) is 10.2 Å². The molecule has 0 aliphatic heterocycles. The summed E-state index contributed by atoms with van der Waals surface area (Å²) in [5.41, 5.74) is 2.60. The number of benzene rings is 2. The predicted molar refractivity (Wildman–Crippen MR) is 110 cm³/mol. The molecule has 1 aromatic heterocycles. The van der Waals surface area contributed by atoms with Crippen LogP contribution < -0.4 is 0 Å². The first kappa shape index (κ1) is 17.8. The molecule has 0 bridgehead atoms. The Morgan fingerprint density at radius 2 is 1.71 bits per heavy atom. The van der Waals surface area contributed by atoms with Gasteiger partial charge < -0.3 is 0 Å². The molecule has 0 fully saturated rings. The molecule has 0 saturated heterocycles. The Bertz CT molecular complexity index is 745. The molecule has 1 heterocycles. The van der Waals surface area contributed by atoms with Crippen LogP contribution in [0.5, 0.6) is 0 Å². The highest BCUT2D eigenvalue weighted by molar-refractivity contribution is 8.76. The topological polar surface area (TPSA) is 16.1 Å². The summed E-state index contributed by atoms with van der Waals surface area (Å²) in [5.74, 6) is 0. The van der Waals surface area contributed by atoms with Gasteiger partial charge in [-0.15, -0.1) is 11.3 Å². The lowest BCUT2D eigenvalue weighted by molar-refractivity contribution is 0.279. The van der Waals surface area contributed by atoms with Crippen molar-refractivity contribution in [3.8, 4) is 0 Å². The molecule has 0 atom stereocenters. The maximum atomic E-state index is 4.72. The Kier molecular flexibility index (Phi) is 5.87. The summed E-state index contributed by atoms with van der Waals surface area (Å²) in [6.07, 6.45) is 1.06. The Morgan fingerprint density at radius 3 is 2.42 bits per heavy atom. The summed E-state index contributed by atoms with van der Waals surface area (Å²) in [5, 5.41) is 0. The fourth-order valence-corrected chi connectivity index (χ4v) is 6.15. The van der Waals surface area contributed by atoms with Gasteiger partial charge >= 0.3 is 0 Å². The second-order valence-corrected chi connectivity index (χ2v) is 9.99. The van der Waals surface area contributed by atoms with Crippen LogP contribution in [-0.4, -0.2) is 21.4 Å². The number of fused-ring (bicyclic) bond motifs is 1. The van der Waals surface area contributed by atoms with Crippen LogP contribution in [0.2, 0.25) is 0 Å². The van der Waals surface area contributed by atoms with E-state index in [0.717, 1.165) is 22.8 Å². The minimum Gasteiger partial charge on any atom is -0.235 e. The number of nitrogens with zero attached hydrogens (tertiary/aromatic N) is 2. The van der Waals surface area contributed by atoms with Crippen molar-refractivity contribution in [1.29, 1.82) is 0 Å². The van der Waals surface area contributed by atoms with Gasteiger partial charge in [-0.2, -0.15) is 0 Å². The molecule has 0 N–H and O–H groups in total. The van der Waals surface area contributed by atoms with E-state index in [1.165, 1.54) is 10.3 Å². The van der Waals surface area contributed by atoms with Gasteiger partial charge in [0.15, 0.2) is 4.34 Å². The molecule has 126 valence electrons. The number of aromatic nitrogens is 1. The fourth-order valence-electron chi connectivity index (χ4n) is 2.32. The average Bonchev–Trinajstić information content (AvgIpc) is 2.97. The Morgan fingerprint density at radius 1 is 1.00 bits per heavy atom. The minimum absolute atomic E-state index is 0.114. The highest BCUT2D eigenvalue weighted by atomic mass is 33.1. The van der Waals surface area contributed by atoms with Gasteiger partial charge in [-0.25, -0.2) is 9.29 Å². The maximum absolute atomic E-state index is 4.72. The summed E-state index contributed by atoms with van der Waals surface area (Å²) in [4.78, 5) is 4.72. The van der Waals surface area contributed by atoms with Crippen LogP contribution in [0.15, 0.2) is 58.9 Å². The number of thiazole rings is 1. The van der Waals surface area contributed by atoms with Crippen molar-refractivity contribution in [3.05, 3.63) is 60.2 Å². The van der Waals surface area contributed by atoms with E-state index in [4.69, 9.17) is 4.98 Å². The van der Waals surface area contributed by atoms with Gasteiger partial charge in [0.1, 0.15) is 0 Å². The molecule has 0 radical (unpaired) electrons. The summed E-state index contributed by atoms with van der Waals surface area (Å²) < 4.78 is 4.83. The standard InChI is InChI=1S/C19H22N2S3/c1-19(2,3)21(14-13-15-9-5-4-6-10-15)24-23-18-20-16-11-7-8-12-17(16)22-18/h4-12H,13-14H2,1-3H3. The Labute approximate surface area is 156 Å². The van der Waals surface area contributed by atoms with E-state index in [1.54, 1.807) is 22.1 Å². The third-order valence-corrected chi connectivity index (χ3v) is 7.77. The molecule has 2 aromatic carbocycles. The number of rotatable bonds is 6. The lowest BCUT2D eigenvalue weighted by Crippen LogP contribution is -2.36. The Balaban J connectivity index is 1.63. The second kappa shape index (κ2) is 7.91. The van der Waals surface area contributed by atoms with Gasteiger partial charge in [-0.3, -0.25) is 0 Å². The van der Waals surface area contributed by atoms with Crippen molar-refractivity contribution >= 4 is 43.3 Å². The SMILES string of the molecule is CC(C)(C)N(CCc1ccccc1)SSc1nc2ccccc2s1. The molecular weight excluding hydrogens is 352 g/mol. The minimum atomic E-state index is 0.114. The highest BCUT2D eigenvalue weighted by Gasteiger charge is 2.23. The van der Waals surface area contributed by atoms with Crippen LogP contribution in [0, 0.1) is 0 Å². The molecule has 0 saturated carbocycles. The highest BCUT2D eigenvalue weighted by Crippen LogP contribution is 2.41. The van der Waals surface area contributed by atoms with E-state index in [1.807, 2.05) is 17.0 Å². The van der Waals surface area contributed by atoms with E-state index in [-0.39, 0.29) is 5.54 Å². The zero-order valence-corrected chi connectivity index (χ0v) is 16.7. The molecule has 3 aromatic rings. The molecule has 0 aliphatic carbocycles. The molecule has 0 aliphatic rings. The first-order valence-electron chi connectivity index (χ1n) is 8.04. The Hall–Kier alpha value is -1.01. The van der Waals surface area contributed by atoms with Crippen LogP contribution in [0.4, 0.5) is 0 Å². The summed E-state index contributed by atoms with van der Waals surface area (Å²) >= 11 is 1.77. The summed E-state index contributed by atoms with van der Waals surface area (Å²) in [6, 6.07) is 19.0. The van der Waals surface area contributed by atoms with Crippen LogP contribution in [0.3, 0.4) is 0 Å². The largest absolute Gasteiger partial charge is 0.235 e. The van der Waals surface area contributed by atoms with Gasteiger partial charge in [0.2, 0.25) is 0 Å². The molecule has 24 heavy (non-hydrogen) atoms. The quantitative estimate of drug-likeness (QED) is 0.372. The van der Waals surface area contributed by atoms with Crippen LogP contribution >= 0.6 is 33.1 Å².